The van der Waals surface area contributed by atoms with Gasteiger partial charge in [0.2, 0.25) is 6.79 Å². The van der Waals surface area contributed by atoms with Gasteiger partial charge in [0.05, 0.1) is 13.2 Å². The van der Waals surface area contributed by atoms with E-state index in [2.05, 4.69) is 0 Å². The number of hydrogen-bond donors (Lipinski definition) is 1. The Morgan fingerprint density at radius 3 is 2.81 bits per heavy atom. The van der Waals surface area contributed by atoms with Crippen LogP contribution in [0.3, 0.4) is 0 Å². The zero-order chi connectivity index (χ0) is 11.6. The van der Waals surface area contributed by atoms with Crippen LogP contribution < -0.4 is 15.2 Å². The Kier molecular flexibility index (Phi) is 3.03. The molecule has 0 saturated carbocycles. The zero-order valence-electron chi connectivity index (χ0n) is 9.66. The molecule has 0 spiro atoms. The van der Waals surface area contributed by atoms with Crippen LogP contribution in [-0.4, -0.2) is 18.9 Å². The fourth-order valence-electron chi connectivity index (χ4n) is 1.46. The Morgan fingerprint density at radius 1 is 1.31 bits per heavy atom. The summed E-state index contributed by atoms with van der Waals surface area (Å²) in [7, 11) is 0. The SMILES string of the molecule is CC(C)(N)COCc1ccc2c(c1)OCO2. The first-order valence-electron chi connectivity index (χ1n) is 5.30. The lowest BCUT2D eigenvalue weighted by Crippen LogP contribution is -2.37. The molecule has 16 heavy (non-hydrogen) atoms. The number of fused-ring (bicyclic) bond motifs is 1. The molecule has 2 rings (SSSR count). The molecular weight excluding hydrogens is 206 g/mol. The molecule has 0 unspecified atom stereocenters. The summed E-state index contributed by atoms with van der Waals surface area (Å²) in [6.07, 6.45) is 0. The molecule has 2 N–H and O–H groups in total. The lowest BCUT2D eigenvalue weighted by molar-refractivity contribution is 0.0850. The Morgan fingerprint density at radius 2 is 2.06 bits per heavy atom. The summed E-state index contributed by atoms with van der Waals surface area (Å²) in [5.74, 6) is 1.58. The van der Waals surface area contributed by atoms with Gasteiger partial charge in [-0.05, 0) is 31.5 Å². The van der Waals surface area contributed by atoms with E-state index in [0.717, 1.165) is 17.1 Å². The van der Waals surface area contributed by atoms with Gasteiger partial charge in [-0.3, -0.25) is 0 Å². The van der Waals surface area contributed by atoms with Crippen LogP contribution in [0.4, 0.5) is 0 Å². The van der Waals surface area contributed by atoms with E-state index in [0.29, 0.717) is 20.0 Å². The molecule has 1 aromatic carbocycles. The van der Waals surface area contributed by atoms with Crippen molar-refractivity contribution in [2.75, 3.05) is 13.4 Å². The van der Waals surface area contributed by atoms with Gasteiger partial charge in [0.15, 0.2) is 11.5 Å². The second-order valence-corrected chi connectivity index (χ2v) is 4.67. The third-order valence-corrected chi connectivity index (χ3v) is 2.18. The van der Waals surface area contributed by atoms with E-state index in [1.54, 1.807) is 0 Å². The maximum absolute atomic E-state index is 5.82. The molecule has 0 atom stereocenters. The third-order valence-electron chi connectivity index (χ3n) is 2.18. The second-order valence-electron chi connectivity index (χ2n) is 4.67. The standard InChI is InChI=1S/C12H17NO3/c1-12(2,13)7-14-6-9-3-4-10-11(5-9)16-8-15-10/h3-5H,6-8,13H2,1-2H3. The molecule has 88 valence electrons. The van der Waals surface area contributed by atoms with Gasteiger partial charge >= 0.3 is 0 Å². The topological polar surface area (TPSA) is 53.7 Å². The van der Waals surface area contributed by atoms with Gasteiger partial charge in [0, 0.05) is 5.54 Å². The smallest absolute Gasteiger partial charge is 0.231 e. The van der Waals surface area contributed by atoms with Crippen molar-refractivity contribution >= 4 is 0 Å². The number of benzene rings is 1. The van der Waals surface area contributed by atoms with E-state index >= 15 is 0 Å². The predicted molar refractivity (Wildman–Crippen MR) is 60.5 cm³/mol. The quantitative estimate of drug-likeness (QED) is 0.843. The number of hydrogen-bond acceptors (Lipinski definition) is 4. The molecule has 4 nitrogen and oxygen atoms in total. The Labute approximate surface area is 95.3 Å². The van der Waals surface area contributed by atoms with E-state index < -0.39 is 0 Å². The first-order valence-corrected chi connectivity index (χ1v) is 5.30. The van der Waals surface area contributed by atoms with Crippen molar-refractivity contribution in [2.24, 2.45) is 5.73 Å². The molecule has 0 aromatic heterocycles. The summed E-state index contributed by atoms with van der Waals surface area (Å²) in [5, 5.41) is 0. The highest BCUT2D eigenvalue weighted by molar-refractivity contribution is 5.44. The van der Waals surface area contributed by atoms with Gasteiger partial charge in [0.25, 0.3) is 0 Å². The van der Waals surface area contributed by atoms with Crippen LogP contribution in [0.15, 0.2) is 18.2 Å². The molecule has 1 aliphatic rings. The normalized spacial score (nSPS) is 14.2. The van der Waals surface area contributed by atoms with E-state index in [4.69, 9.17) is 19.9 Å². The van der Waals surface area contributed by atoms with Crippen molar-refractivity contribution < 1.29 is 14.2 Å². The van der Waals surface area contributed by atoms with Crippen LogP contribution in [0.25, 0.3) is 0 Å². The zero-order valence-corrected chi connectivity index (χ0v) is 9.66. The Balaban J connectivity index is 1.91. The van der Waals surface area contributed by atoms with E-state index in [1.165, 1.54) is 0 Å². The van der Waals surface area contributed by atoms with E-state index in [-0.39, 0.29) is 5.54 Å². The van der Waals surface area contributed by atoms with Gasteiger partial charge in [0.1, 0.15) is 0 Å². The number of ether oxygens (including phenoxy) is 3. The molecule has 0 bridgehead atoms. The van der Waals surface area contributed by atoms with Gasteiger partial charge in [-0.15, -0.1) is 0 Å². The van der Waals surface area contributed by atoms with Crippen molar-refractivity contribution in [2.45, 2.75) is 26.0 Å². The molecule has 0 amide bonds. The third kappa shape index (κ3) is 2.87. The summed E-state index contributed by atoms with van der Waals surface area (Å²) < 4.78 is 16.0. The first-order chi connectivity index (χ1) is 7.54. The summed E-state index contributed by atoms with van der Waals surface area (Å²) >= 11 is 0. The van der Waals surface area contributed by atoms with Gasteiger partial charge in [-0.1, -0.05) is 6.07 Å². The summed E-state index contributed by atoms with van der Waals surface area (Å²) in [6, 6.07) is 5.80. The Bertz CT molecular complexity index is 371. The highest BCUT2D eigenvalue weighted by Crippen LogP contribution is 2.32. The fraction of sp³-hybridized carbons (Fsp3) is 0.500. The van der Waals surface area contributed by atoms with Crippen LogP contribution in [0, 0.1) is 0 Å². The van der Waals surface area contributed by atoms with E-state index in [1.807, 2.05) is 32.0 Å². The summed E-state index contributed by atoms with van der Waals surface area (Å²) in [4.78, 5) is 0. The lowest BCUT2D eigenvalue weighted by Gasteiger charge is -2.18. The monoisotopic (exact) mass is 223 g/mol. The minimum Gasteiger partial charge on any atom is -0.454 e. The fourth-order valence-corrected chi connectivity index (χ4v) is 1.46. The molecule has 4 heteroatoms. The van der Waals surface area contributed by atoms with Crippen molar-refractivity contribution in [1.82, 2.24) is 0 Å². The first kappa shape index (κ1) is 11.2. The van der Waals surface area contributed by atoms with Gasteiger partial charge < -0.3 is 19.9 Å². The number of rotatable bonds is 4. The number of nitrogens with two attached hydrogens (primary N) is 1. The van der Waals surface area contributed by atoms with Gasteiger partial charge in [-0.2, -0.15) is 0 Å². The van der Waals surface area contributed by atoms with E-state index in [9.17, 15) is 0 Å². The molecule has 0 aliphatic carbocycles. The average Bonchev–Trinajstić information content (AvgIpc) is 2.62. The highest BCUT2D eigenvalue weighted by atomic mass is 16.7. The maximum Gasteiger partial charge on any atom is 0.231 e. The lowest BCUT2D eigenvalue weighted by atomic mass is 10.1. The maximum atomic E-state index is 5.82. The van der Waals surface area contributed by atoms with Crippen LogP contribution in [-0.2, 0) is 11.3 Å². The summed E-state index contributed by atoms with van der Waals surface area (Å²) in [6.45, 7) is 5.24. The van der Waals surface area contributed by atoms with Crippen molar-refractivity contribution in [3.05, 3.63) is 23.8 Å². The van der Waals surface area contributed by atoms with Crippen molar-refractivity contribution in [3.8, 4) is 11.5 Å². The van der Waals surface area contributed by atoms with Crippen molar-refractivity contribution in [1.29, 1.82) is 0 Å². The molecule has 1 heterocycles. The largest absolute Gasteiger partial charge is 0.454 e. The average molecular weight is 223 g/mol. The van der Waals surface area contributed by atoms with Crippen LogP contribution >= 0.6 is 0 Å². The minimum atomic E-state index is -0.295. The van der Waals surface area contributed by atoms with Crippen molar-refractivity contribution in [3.63, 3.8) is 0 Å². The molecule has 1 aromatic rings. The molecule has 0 saturated heterocycles. The van der Waals surface area contributed by atoms with Crippen LogP contribution in [0.1, 0.15) is 19.4 Å². The summed E-state index contributed by atoms with van der Waals surface area (Å²) in [5.41, 5.74) is 6.59. The van der Waals surface area contributed by atoms with Crippen LogP contribution in [0.5, 0.6) is 11.5 Å². The second kappa shape index (κ2) is 4.31. The molecule has 0 radical (unpaired) electrons. The Hall–Kier alpha value is -1.26. The minimum absolute atomic E-state index is 0.295. The molecule has 0 fully saturated rings. The highest BCUT2D eigenvalue weighted by Gasteiger charge is 2.14. The van der Waals surface area contributed by atoms with Crippen LogP contribution in [0.2, 0.25) is 0 Å². The van der Waals surface area contributed by atoms with Gasteiger partial charge in [-0.25, -0.2) is 0 Å². The predicted octanol–water partition coefficient (Wildman–Crippen LogP) is 1.67. The molecular formula is C12H17NO3. The molecule has 1 aliphatic heterocycles.